The van der Waals surface area contributed by atoms with Crippen molar-refractivity contribution in [3.8, 4) is 40.9 Å². The maximum atomic E-state index is 5.26. The van der Waals surface area contributed by atoms with Crippen LogP contribution >= 0.6 is 0 Å². The van der Waals surface area contributed by atoms with Crippen LogP contribution in [0.1, 0.15) is 22.5 Å². The summed E-state index contributed by atoms with van der Waals surface area (Å²) in [6, 6.07) is 12.9. The van der Waals surface area contributed by atoms with Crippen LogP contribution in [-0.2, 0) is 0 Å². The van der Waals surface area contributed by atoms with Crippen LogP contribution in [0.5, 0.6) is 17.2 Å². The van der Waals surface area contributed by atoms with Gasteiger partial charge in [0.05, 0.1) is 33.7 Å². The summed E-state index contributed by atoms with van der Waals surface area (Å²) in [4.78, 5) is 8.59. The van der Waals surface area contributed by atoms with Crippen LogP contribution in [0.15, 0.2) is 54.9 Å². The van der Waals surface area contributed by atoms with E-state index in [1.807, 2.05) is 36.4 Å². The molecule has 2 aromatic carbocycles. The number of hydrogen-bond acceptors (Lipinski definition) is 5. The molecule has 0 aliphatic heterocycles. The zero-order valence-electron chi connectivity index (χ0n) is 15.8. The highest BCUT2D eigenvalue weighted by molar-refractivity contribution is 5.48. The normalized spacial score (nSPS) is 9.39. The van der Waals surface area contributed by atoms with E-state index in [1.54, 1.807) is 39.8 Å². The second-order valence-corrected chi connectivity index (χ2v) is 5.62. The van der Waals surface area contributed by atoms with Gasteiger partial charge in [-0.1, -0.05) is 11.8 Å². The van der Waals surface area contributed by atoms with Gasteiger partial charge in [-0.2, -0.15) is 0 Å². The zero-order valence-corrected chi connectivity index (χ0v) is 15.8. The van der Waals surface area contributed by atoms with Crippen LogP contribution in [0.25, 0.3) is 0 Å². The maximum absolute atomic E-state index is 5.26. The van der Waals surface area contributed by atoms with Crippen molar-refractivity contribution in [2.24, 2.45) is 0 Å². The van der Waals surface area contributed by atoms with Gasteiger partial charge in [-0.05, 0) is 48.2 Å². The molecule has 0 saturated carbocycles. The van der Waals surface area contributed by atoms with Crippen LogP contribution in [0, 0.1) is 23.7 Å². The molecule has 0 amide bonds. The minimum atomic E-state index is 0.531. The molecule has 5 nitrogen and oxygen atoms in total. The van der Waals surface area contributed by atoms with Crippen molar-refractivity contribution >= 4 is 0 Å². The summed E-state index contributed by atoms with van der Waals surface area (Å²) in [5.41, 5.74) is 2.70. The fraction of sp³-hybridized carbons (Fsp3) is 0.130. The summed E-state index contributed by atoms with van der Waals surface area (Å²) in [6.07, 6.45) is 3.21. The third-order valence-corrected chi connectivity index (χ3v) is 3.75. The Balaban J connectivity index is 1.81. The summed E-state index contributed by atoms with van der Waals surface area (Å²) in [5.74, 6) is 14.2. The van der Waals surface area contributed by atoms with Crippen molar-refractivity contribution in [1.29, 1.82) is 0 Å². The molecule has 0 saturated heterocycles. The largest absolute Gasteiger partial charge is 0.497 e. The Kier molecular flexibility index (Phi) is 6.13. The molecule has 3 aromatic rings. The lowest BCUT2D eigenvalue weighted by Gasteiger charge is -2.04. The molecule has 0 aliphatic rings. The van der Waals surface area contributed by atoms with Crippen molar-refractivity contribution < 1.29 is 14.2 Å². The van der Waals surface area contributed by atoms with Crippen LogP contribution in [0.4, 0.5) is 0 Å². The summed E-state index contributed by atoms with van der Waals surface area (Å²) < 4.78 is 15.6. The minimum absolute atomic E-state index is 0.531. The summed E-state index contributed by atoms with van der Waals surface area (Å²) >= 11 is 0. The maximum Gasteiger partial charge on any atom is 0.133 e. The van der Waals surface area contributed by atoms with Gasteiger partial charge >= 0.3 is 0 Å². The summed E-state index contributed by atoms with van der Waals surface area (Å²) in [7, 11) is 4.83. The molecule has 0 spiro atoms. The molecular weight excluding hydrogens is 352 g/mol. The van der Waals surface area contributed by atoms with E-state index in [4.69, 9.17) is 14.2 Å². The molecule has 0 aliphatic carbocycles. The van der Waals surface area contributed by atoms with E-state index in [2.05, 4.69) is 33.6 Å². The topological polar surface area (TPSA) is 53.5 Å². The Morgan fingerprint density at radius 3 is 1.68 bits per heavy atom. The summed E-state index contributed by atoms with van der Waals surface area (Å²) in [6.45, 7) is 0. The molecule has 0 fully saturated rings. The molecule has 0 N–H and O–H groups in total. The number of nitrogens with zero attached hydrogens (tertiary/aromatic N) is 2. The first-order valence-corrected chi connectivity index (χ1v) is 8.43. The van der Waals surface area contributed by atoms with Crippen LogP contribution in [0.3, 0.4) is 0 Å². The second-order valence-electron chi connectivity index (χ2n) is 5.62. The summed E-state index contributed by atoms with van der Waals surface area (Å²) in [5, 5.41) is 0. The third kappa shape index (κ3) is 5.03. The third-order valence-electron chi connectivity index (χ3n) is 3.75. The van der Waals surface area contributed by atoms with Crippen molar-refractivity contribution in [2.45, 2.75) is 0 Å². The average Bonchev–Trinajstić information content (AvgIpc) is 2.76. The van der Waals surface area contributed by atoms with Gasteiger partial charge in [0.25, 0.3) is 0 Å². The highest BCUT2D eigenvalue weighted by Crippen LogP contribution is 2.21. The Morgan fingerprint density at radius 2 is 1.14 bits per heavy atom. The van der Waals surface area contributed by atoms with E-state index < -0.39 is 0 Å². The number of rotatable bonds is 3. The number of benzene rings is 2. The first-order chi connectivity index (χ1) is 13.7. The number of hydrogen-bond donors (Lipinski definition) is 0. The van der Waals surface area contributed by atoms with E-state index in [-0.39, 0.29) is 0 Å². The molecule has 28 heavy (non-hydrogen) atoms. The Labute approximate surface area is 164 Å². The number of ether oxygens (including phenoxy) is 3. The molecule has 0 bridgehead atoms. The van der Waals surface area contributed by atoms with Crippen LogP contribution in [0.2, 0.25) is 0 Å². The molecule has 1 aromatic heterocycles. The highest BCUT2D eigenvalue weighted by atomic mass is 16.5. The predicted molar refractivity (Wildman–Crippen MR) is 107 cm³/mol. The van der Waals surface area contributed by atoms with Crippen molar-refractivity contribution in [3.05, 3.63) is 77.4 Å². The van der Waals surface area contributed by atoms with Gasteiger partial charge in [0.2, 0.25) is 0 Å². The Morgan fingerprint density at radius 1 is 0.607 bits per heavy atom. The standard InChI is InChI=1S/C23H18N2O3/c1-26-21-10-6-17(7-11-21)4-8-19-15-24-16-20(25-19)9-5-18-12-22(27-2)14-23(13-18)28-3/h6-7,10-16H,1-3H3. The van der Waals surface area contributed by atoms with Gasteiger partial charge in [-0.15, -0.1) is 0 Å². The minimum Gasteiger partial charge on any atom is -0.497 e. The first kappa shape index (κ1) is 18.8. The lowest BCUT2D eigenvalue weighted by molar-refractivity contribution is 0.394. The van der Waals surface area contributed by atoms with Crippen LogP contribution < -0.4 is 14.2 Å². The van der Waals surface area contributed by atoms with E-state index in [9.17, 15) is 0 Å². The lowest BCUT2D eigenvalue weighted by atomic mass is 10.2. The van der Waals surface area contributed by atoms with E-state index in [1.165, 1.54) is 0 Å². The Bertz CT molecular complexity index is 1060. The molecule has 3 rings (SSSR count). The molecule has 0 atom stereocenters. The Hall–Kier alpha value is -3.96. The predicted octanol–water partition coefficient (Wildman–Crippen LogP) is 3.30. The average molecular weight is 370 g/mol. The first-order valence-electron chi connectivity index (χ1n) is 8.43. The number of aromatic nitrogens is 2. The molecular formula is C23H18N2O3. The molecule has 1 heterocycles. The van der Waals surface area contributed by atoms with Gasteiger partial charge in [0.15, 0.2) is 0 Å². The second kappa shape index (κ2) is 9.12. The zero-order chi connectivity index (χ0) is 19.8. The van der Waals surface area contributed by atoms with Gasteiger partial charge in [-0.25, -0.2) is 4.98 Å². The van der Waals surface area contributed by atoms with E-state index in [0.29, 0.717) is 22.9 Å². The van der Waals surface area contributed by atoms with Gasteiger partial charge < -0.3 is 14.2 Å². The quantitative estimate of drug-likeness (QED) is 0.662. The fourth-order valence-electron chi connectivity index (χ4n) is 2.31. The fourth-order valence-corrected chi connectivity index (χ4v) is 2.31. The van der Waals surface area contributed by atoms with Gasteiger partial charge in [-0.3, -0.25) is 4.98 Å². The van der Waals surface area contributed by atoms with Crippen LogP contribution in [-0.4, -0.2) is 31.3 Å². The van der Waals surface area contributed by atoms with E-state index >= 15 is 0 Å². The molecule has 138 valence electrons. The van der Waals surface area contributed by atoms with Crippen molar-refractivity contribution in [3.63, 3.8) is 0 Å². The molecule has 5 heteroatoms. The molecule has 0 unspecified atom stereocenters. The smallest absolute Gasteiger partial charge is 0.133 e. The number of methoxy groups -OCH3 is 3. The van der Waals surface area contributed by atoms with Crippen molar-refractivity contribution in [1.82, 2.24) is 9.97 Å². The lowest BCUT2D eigenvalue weighted by Crippen LogP contribution is -1.91. The monoisotopic (exact) mass is 370 g/mol. The van der Waals surface area contributed by atoms with E-state index in [0.717, 1.165) is 16.9 Å². The molecule has 0 radical (unpaired) electrons. The van der Waals surface area contributed by atoms with Gasteiger partial charge in [0, 0.05) is 17.2 Å². The van der Waals surface area contributed by atoms with Gasteiger partial charge in [0.1, 0.15) is 28.6 Å². The van der Waals surface area contributed by atoms with Crippen molar-refractivity contribution in [2.75, 3.05) is 21.3 Å². The SMILES string of the molecule is COc1ccc(C#Cc2cncc(C#Cc3cc(OC)cc(OC)c3)n2)cc1. The highest BCUT2D eigenvalue weighted by Gasteiger charge is 2.00.